The number of fused-ring (bicyclic) bond motifs is 3. The van der Waals surface area contributed by atoms with Gasteiger partial charge in [-0.25, -0.2) is 14.4 Å². The molecule has 0 bridgehead atoms. The first-order chi connectivity index (χ1) is 10.3. The Labute approximate surface area is 119 Å². The van der Waals surface area contributed by atoms with E-state index in [9.17, 15) is 4.39 Å². The predicted molar refractivity (Wildman–Crippen MR) is 79.0 cm³/mol. The summed E-state index contributed by atoms with van der Waals surface area (Å²) in [7, 11) is 0. The molecule has 4 aromatic rings. The van der Waals surface area contributed by atoms with Gasteiger partial charge < -0.3 is 9.73 Å². The van der Waals surface area contributed by atoms with Crippen molar-refractivity contribution in [2.45, 2.75) is 0 Å². The van der Waals surface area contributed by atoms with Gasteiger partial charge in [0.1, 0.15) is 23.2 Å². The standard InChI is InChI=1S/C16H10FN3O/c17-10-5-7-11(8-6-10)20-16-15-14(18-9-19-16)12-3-1-2-4-13(12)21-15/h1-9H,(H,18,19,20). The Morgan fingerprint density at radius 1 is 0.952 bits per heavy atom. The molecular weight excluding hydrogens is 269 g/mol. The molecule has 4 nitrogen and oxygen atoms in total. The van der Waals surface area contributed by atoms with Gasteiger partial charge >= 0.3 is 0 Å². The molecule has 0 fully saturated rings. The number of para-hydroxylation sites is 1. The summed E-state index contributed by atoms with van der Waals surface area (Å²) in [4.78, 5) is 8.49. The highest BCUT2D eigenvalue weighted by Gasteiger charge is 2.12. The number of rotatable bonds is 2. The van der Waals surface area contributed by atoms with Crippen LogP contribution in [0.1, 0.15) is 0 Å². The topological polar surface area (TPSA) is 51.0 Å². The summed E-state index contributed by atoms with van der Waals surface area (Å²) in [6.07, 6.45) is 1.48. The van der Waals surface area contributed by atoms with Crippen LogP contribution in [0.4, 0.5) is 15.9 Å². The van der Waals surface area contributed by atoms with Crippen LogP contribution in [0.5, 0.6) is 0 Å². The largest absolute Gasteiger partial charge is 0.450 e. The van der Waals surface area contributed by atoms with Gasteiger partial charge in [-0.3, -0.25) is 0 Å². The maximum atomic E-state index is 12.9. The van der Waals surface area contributed by atoms with Crippen molar-refractivity contribution in [1.82, 2.24) is 9.97 Å². The molecule has 1 N–H and O–H groups in total. The molecule has 0 aliphatic carbocycles. The summed E-state index contributed by atoms with van der Waals surface area (Å²) in [5.41, 5.74) is 2.83. The molecule has 0 saturated carbocycles. The molecule has 2 aromatic heterocycles. The number of hydrogen-bond donors (Lipinski definition) is 1. The SMILES string of the molecule is Fc1ccc(Nc2ncnc3c2oc2ccccc23)cc1. The second kappa shape index (κ2) is 4.56. The Bertz CT molecular complexity index is 931. The van der Waals surface area contributed by atoms with Crippen LogP contribution < -0.4 is 5.32 Å². The Balaban J connectivity index is 1.86. The minimum absolute atomic E-state index is 0.280. The number of anilines is 2. The predicted octanol–water partition coefficient (Wildman–Crippen LogP) is 4.26. The summed E-state index contributed by atoms with van der Waals surface area (Å²) in [6.45, 7) is 0. The molecular formula is C16H10FN3O. The summed E-state index contributed by atoms with van der Waals surface area (Å²) < 4.78 is 18.8. The summed E-state index contributed by atoms with van der Waals surface area (Å²) in [6, 6.07) is 13.8. The van der Waals surface area contributed by atoms with Crippen LogP contribution in [0.15, 0.2) is 59.3 Å². The van der Waals surface area contributed by atoms with Crippen molar-refractivity contribution in [3.63, 3.8) is 0 Å². The fourth-order valence-corrected chi connectivity index (χ4v) is 2.28. The number of benzene rings is 2. The van der Waals surface area contributed by atoms with E-state index in [1.54, 1.807) is 12.1 Å². The van der Waals surface area contributed by atoms with Gasteiger partial charge in [0.05, 0.1) is 0 Å². The molecule has 2 aromatic carbocycles. The highest BCUT2D eigenvalue weighted by molar-refractivity contribution is 6.05. The van der Waals surface area contributed by atoms with Gasteiger partial charge in [0.2, 0.25) is 0 Å². The normalized spacial score (nSPS) is 11.1. The smallest absolute Gasteiger partial charge is 0.196 e. The minimum Gasteiger partial charge on any atom is -0.450 e. The third kappa shape index (κ3) is 1.99. The van der Waals surface area contributed by atoms with Crippen molar-refractivity contribution in [3.8, 4) is 0 Å². The van der Waals surface area contributed by atoms with Crippen molar-refractivity contribution in [2.75, 3.05) is 5.32 Å². The Morgan fingerprint density at radius 3 is 2.62 bits per heavy atom. The van der Waals surface area contributed by atoms with Gasteiger partial charge in [-0.05, 0) is 36.4 Å². The zero-order valence-corrected chi connectivity index (χ0v) is 10.9. The van der Waals surface area contributed by atoms with Crippen LogP contribution in [0, 0.1) is 5.82 Å². The van der Waals surface area contributed by atoms with Crippen molar-refractivity contribution >= 4 is 33.6 Å². The monoisotopic (exact) mass is 279 g/mol. The van der Waals surface area contributed by atoms with E-state index in [0.29, 0.717) is 11.4 Å². The third-order valence-corrected chi connectivity index (χ3v) is 3.26. The highest BCUT2D eigenvalue weighted by Crippen LogP contribution is 2.31. The number of aromatic nitrogens is 2. The van der Waals surface area contributed by atoms with Gasteiger partial charge in [0.15, 0.2) is 11.4 Å². The molecule has 102 valence electrons. The van der Waals surface area contributed by atoms with Crippen molar-refractivity contribution < 1.29 is 8.81 Å². The van der Waals surface area contributed by atoms with Gasteiger partial charge in [0, 0.05) is 11.1 Å². The van der Waals surface area contributed by atoms with E-state index in [1.807, 2.05) is 24.3 Å². The van der Waals surface area contributed by atoms with Crippen LogP contribution in [-0.4, -0.2) is 9.97 Å². The Hall–Kier alpha value is -2.95. The molecule has 0 saturated heterocycles. The van der Waals surface area contributed by atoms with E-state index in [4.69, 9.17) is 4.42 Å². The maximum absolute atomic E-state index is 12.9. The molecule has 0 radical (unpaired) electrons. The second-order valence-electron chi connectivity index (χ2n) is 4.63. The number of furan rings is 1. The number of hydrogen-bond acceptors (Lipinski definition) is 4. The molecule has 0 aliphatic rings. The molecule has 0 spiro atoms. The summed E-state index contributed by atoms with van der Waals surface area (Å²) in [5, 5.41) is 4.07. The van der Waals surface area contributed by atoms with E-state index in [2.05, 4.69) is 15.3 Å². The third-order valence-electron chi connectivity index (χ3n) is 3.26. The van der Waals surface area contributed by atoms with Crippen molar-refractivity contribution in [3.05, 3.63) is 60.7 Å². The molecule has 21 heavy (non-hydrogen) atoms. The number of nitrogens with one attached hydrogen (secondary N) is 1. The Kier molecular flexibility index (Phi) is 2.57. The first-order valence-corrected chi connectivity index (χ1v) is 6.46. The highest BCUT2D eigenvalue weighted by atomic mass is 19.1. The van der Waals surface area contributed by atoms with Crippen molar-refractivity contribution in [1.29, 1.82) is 0 Å². The zero-order chi connectivity index (χ0) is 14.2. The lowest BCUT2D eigenvalue weighted by molar-refractivity contribution is 0.628. The second-order valence-corrected chi connectivity index (χ2v) is 4.63. The van der Waals surface area contributed by atoms with Crippen molar-refractivity contribution in [2.24, 2.45) is 0 Å². The number of nitrogens with zero attached hydrogens (tertiary/aromatic N) is 2. The fourth-order valence-electron chi connectivity index (χ4n) is 2.28. The van der Waals surface area contributed by atoms with E-state index < -0.39 is 0 Å². The first-order valence-electron chi connectivity index (χ1n) is 6.46. The zero-order valence-electron chi connectivity index (χ0n) is 10.9. The maximum Gasteiger partial charge on any atom is 0.196 e. The molecule has 0 amide bonds. The van der Waals surface area contributed by atoms with Gasteiger partial charge in [-0.2, -0.15) is 0 Å². The Morgan fingerprint density at radius 2 is 1.76 bits per heavy atom. The molecule has 0 atom stereocenters. The van der Waals surface area contributed by atoms with Crippen LogP contribution >= 0.6 is 0 Å². The van der Waals surface area contributed by atoms with Crippen LogP contribution in [-0.2, 0) is 0 Å². The van der Waals surface area contributed by atoms with Gasteiger partial charge in [-0.1, -0.05) is 12.1 Å². The van der Waals surface area contributed by atoms with E-state index in [1.165, 1.54) is 18.5 Å². The quantitative estimate of drug-likeness (QED) is 0.595. The van der Waals surface area contributed by atoms with Crippen LogP contribution in [0.2, 0.25) is 0 Å². The summed E-state index contributed by atoms with van der Waals surface area (Å²) >= 11 is 0. The molecule has 0 unspecified atom stereocenters. The first kappa shape index (κ1) is 11.8. The van der Waals surface area contributed by atoms with Crippen LogP contribution in [0.25, 0.3) is 22.1 Å². The lowest BCUT2D eigenvalue weighted by atomic mass is 10.2. The lowest BCUT2D eigenvalue weighted by Crippen LogP contribution is -1.94. The van der Waals surface area contributed by atoms with Gasteiger partial charge in [-0.15, -0.1) is 0 Å². The lowest BCUT2D eigenvalue weighted by Gasteiger charge is -2.04. The number of halogens is 1. The van der Waals surface area contributed by atoms with E-state index >= 15 is 0 Å². The van der Waals surface area contributed by atoms with Gasteiger partial charge in [0.25, 0.3) is 0 Å². The molecule has 5 heteroatoms. The summed E-state index contributed by atoms with van der Waals surface area (Å²) in [5.74, 6) is 0.278. The molecule has 4 rings (SSSR count). The average molecular weight is 279 g/mol. The fraction of sp³-hybridized carbons (Fsp3) is 0. The van der Waals surface area contributed by atoms with E-state index in [-0.39, 0.29) is 5.82 Å². The van der Waals surface area contributed by atoms with Crippen LogP contribution in [0.3, 0.4) is 0 Å². The molecule has 2 heterocycles. The molecule has 0 aliphatic heterocycles. The average Bonchev–Trinajstić information content (AvgIpc) is 2.89. The minimum atomic E-state index is -0.280. The van der Waals surface area contributed by atoms with E-state index in [0.717, 1.165) is 22.2 Å².